The van der Waals surface area contributed by atoms with Crippen molar-refractivity contribution >= 4 is 34.0 Å². The highest BCUT2D eigenvalue weighted by Crippen LogP contribution is 2.23. The van der Waals surface area contributed by atoms with E-state index in [4.69, 9.17) is 10.2 Å². The average Bonchev–Trinajstić information content (AvgIpc) is 2.80. The Morgan fingerprint density at radius 2 is 2.10 bits per heavy atom. The van der Waals surface area contributed by atoms with E-state index in [2.05, 4.69) is 4.98 Å². The number of hydrogen-bond donors (Lipinski definition) is 2. The highest BCUT2D eigenvalue weighted by Gasteiger charge is 2.14. The summed E-state index contributed by atoms with van der Waals surface area (Å²) in [7, 11) is 0. The van der Waals surface area contributed by atoms with Crippen molar-refractivity contribution in [2.45, 2.75) is 6.54 Å². The lowest BCUT2D eigenvalue weighted by Gasteiger charge is -2.03. The largest absolute Gasteiger partial charge is 0.448 e. The molecule has 0 aliphatic heterocycles. The van der Waals surface area contributed by atoms with Gasteiger partial charge in [-0.15, -0.1) is 0 Å². The number of urea groups is 1. The predicted octanol–water partition coefficient (Wildman–Crippen LogP) is 0.338. The van der Waals surface area contributed by atoms with Crippen LogP contribution in [0.15, 0.2) is 39.8 Å². The van der Waals surface area contributed by atoms with Crippen molar-refractivity contribution in [1.82, 2.24) is 14.9 Å². The van der Waals surface area contributed by atoms with Crippen LogP contribution in [0.1, 0.15) is 0 Å². The molecule has 2 heterocycles. The number of carbonyl (C=O) groups excluding carboxylic acids is 2. The number of para-hydroxylation sites is 1. The van der Waals surface area contributed by atoms with Gasteiger partial charge >= 0.3 is 6.03 Å². The molecule has 0 aliphatic rings. The molecule has 1 aromatic carbocycles. The van der Waals surface area contributed by atoms with Crippen molar-refractivity contribution in [3.05, 3.63) is 40.9 Å². The number of nitrogens with zero attached hydrogens (tertiary/aromatic N) is 2. The van der Waals surface area contributed by atoms with Crippen LogP contribution < -0.4 is 16.6 Å². The molecule has 106 valence electrons. The van der Waals surface area contributed by atoms with Crippen molar-refractivity contribution in [2.75, 3.05) is 0 Å². The molecule has 0 spiro atoms. The van der Waals surface area contributed by atoms with Gasteiger partial charge in [0.15, 0.2) is 0 Å². The first-order valence-electron chi connectivity index (χ1n) is 6.02. The summed E-state index contributed by atoms with van der Waals surface area (Å²) in [5, 5.41) is 2.60. The Bertz CT molecular complexity index is 925. The minimum atomic E-state index is -0.981. The molecule has 2 aromatic heterocycles. The Morgan fingerprint density at radius 1 is 1.33 bits per heavy atom. The van der Waals surface area contributed by atoms with Crippen LogP contribution in [0.5, 0.6) is 0 Å². The zero-order valence-corrected chi connectivity index (χ0v) is 10.7. The molecule has 0 saturated heterocycles. The highest BCUT2D eigenvalue weighted by atomic mass is 16.3. The maximum absolute atomic E-state index is 12.3. The fraction of sp³-hybridized carbons (Fsp3) is 0.0769. The third-order valence-electron chi connectivity index (χ3n) is 2.93. The smallest absolute Gasteiger partial charge is 0.318 e. The summed E-state index contributed by atoms with van der Waals surface area (Å²) >= 11 is 0. The second-order valence-corrected chi connectivity index (χ2v) is 4.37. The first-order chi connectivity index (χ1) is 10.1. The molecular formula is C13H10N4O4. The Morgan fingerprint density at radius 3 is 2.86 bits per heavy atom. The third-order valence-corrected chi connectivity index (χ3v) is 2.93. The number of aromatic nitrogens is 2. The van der Waals surface area contributed by atoms with Crippen molar-refractivity contribution in [2.24, 2.45) is 5.73 Å². The monoisotopic (exact) mass is 286 g/mol. The predicted molar refractivity (Wildman–Crippen MR) is 73.5 cm³/mol. The van der Waals surface area contributed by atoms with Crippen LogP contribution in [0.2, 0.25) is 0 Å². The van der Waals surface area contributed by atoms with E-state index in [0.29, 0.717) is 11.1 Å². The quantitative estimate of drug-likeness (QED) is 0.703. The zero-order valence-electron chi connectivity index (χ0n) is 10.7. The number of carbonyl (C=O) groups is 2. The van der Waals surface area contributed by atoms with Gasteiger partial charge in [-0.2, -0.15) is 0 Å². The standard InChI is InChI=1S/C13H10N4O4/c14-13(20)16-9(18)5-17-6-15-10-7-3-1-2-4-8(7)21-11(10)12(17)19/h1-4,6H,5H2,(H3,14,16,18,20). The fourth-order valence-electron chi connectivity index (χ4n) is 2.06. The van der Waals surface area contributed by atoms with Crippen LogP contribution in [0.25, 0.3) is 22.1 Å². The van der Waals surface area contributed by atoms with Gasteiger partial charge in [0.05, 0.1) is 6.33 Å². The summed E-state index contributed by atoms with van der Waals surface area (Å²) in [5.74, 6) is -0.707. The summed E-state index contributed by atoms with van der Waals surface area (Å²) < 4.78 is 6.51. The fourth-order valence-corrected chi connectivity index (χ4v) is 2.06. The number of nitrogens with one attached hydrogen (secondary N) is 1. The van der Waals surface area contributed by atoms with Gasteiger partial charge in [0, 0.05) is 5.39 Å². The second-order valence-electron chi connectivity index (χ2n) is 4.37. The third kappa shape index (κ3) is 2.22. The number of nitrogens with two attached hydrogens (primary N) is 1. The SMILES string of the molecule is NC(=O)NC(=O)Cn1cnc2c(oc3ccccc32)c1=O. The number of rotatable bonds is 2. The van der Waals surface area contributed by atoms with Crippen LogP contribution >= 0.6 is 0 Å². The summed E-state index contributed by atoms with van der Waals surface area (Å²) in [5.41, 5.74) is 5.36. The highest BCUT2D eigenvalue weighted by molar-refractivity contribution is 6.01. The van der Waals surface area contributed by atoms with Gasteiger partial charge in [-0.1, -0.05) is 12.1 Å². The topological polar surface area (TPSA) is 120 Å². The number of furan rings is 1. The van der Waals surface area contributed by atoms with Crippen molar-refractivity contribution in [3.63, 3.8) is 0 Å². The molecule has 21 heavy (non-hydrogen) atoms. The van der Waals surface area contributed by atoms with Gasteiger partial charge in [0.1, 0.15) is 17.6 Å². The second kappa shape index (κ2) is 4.75. The van der Waals surface area contributed by atoms with E-state index in [1.54, 1.807) is 18.2 Å². The minimum absolute atomic E-state index is 0.0607. The lowest BCUT2D eigenvalue weighted by Crippen LogP contribution is -2.39. The Kier molecular flexibility index (Phi) is 2.90. The molecular weight excluding hydrogens is 276 g/mol. The molecule has 8 heteroatoms. The maximum atomic E-state index is 12.3. The van der Waals surface area contributed by atoms with Gasteiger partial charge in [-0.05, 0) is 12.1 Å². The Balaban J connectivity index is 2.08. The molecule has 3 amide bonds. The van der Waals surface area contributed by atoms with Crippen LogP contribution in [0.3, 0.4) is 0 Å². The van der Waals surface area contributed by atoms with E-state index >= 15 is 0 Å². The number of primary amides is 1. The zero-order chi connectivity index (χ0) is 15.0. The molecule has 8 nitrogen and oxygen atoms in total. The summed E-state index contributed by atoms with van der Waals surface area (Å²) in [6.45, 7) is -0.373. The minimum Gasteiger partial charge on any atom is -0.448 e. The Labute approximate surface area is 117 Å². The number of imide groups is 1. The first-order valence-corrected chi connectivity index (χ1v) is 6.02. The van der Waals surface area contributed by atoms with E-state index in [9.17, 15) is 14.4 Å². The first kappa shape index (κ1) is 12.9. The van der Waals surface area contributed by atoms with Crippen LogP contribution in [0.4, 0.5) is 4.79 Å². The van der Waals surface area contributed by atoms with Gasteiger partial charge in [-0.3, -0.25) is 19.5 Å². The number of benzene rings is 1. The molecule has 0 bridgehead atoms. The lowest BCUT2D eigenvalue weighted by molar-refractivity contribution is -0.120. The number of amides is 3. The molecule has 0 saturated carbocycles. The van der Waals surface area contributed by atoms with Crippen molar-refractivity contribution in [3.8, 4) is 0 Å². The molecule has 3 N–H and O–H groups in total. The average molecular weight is 286 g/mol. The lowest BCUT2D eigenvalue weighted by atomic mass is 10.2. The number of fused-ring (bicyclic) bond motifs is 3. The Hall–Kier alpha value is -3.16. The van der Waals surface area contributed by atoms with Crippen molar-refractivity contribution in [1.29, 1.82) is 0 Å². The number of hydrogen-bond acceptors (Lipinski definition) is 5. The van der Waals surface area contributed by atoms with Crippen LogP contribution in [0, 0.1) is 0 Å². The molecule has 0 radical (unpaired) electrons. The van der Waals surface area contributed by atoms with E-state index in [1.165, 1.54) is 6.33 Å². The summed E-state index contributed by atoms with van der Waals surface area (Å²) in [4.78, 5) is 38.4. The summed E-state index contributed by atoms with van der Waals surface area (Å²) in [6.07, 6.45) is 1.23. The van der Waals surface area contributed by atoms with E-state index in [-0.39, 0.29) is 12.1 Å². The van der Waals surface area contributed by atoms with E-state index in [1.807, 2.05) is 11.4 Å². The molecule has 3 aromatic rings. The molecule has 0 aliphatic carbocycles. The molecule has 0 unspecified atom stereocenters. The van der Waals surface area contributed by atoms with Crippen LogP contribution in [-0.4, -0.2) is 21.5 Å². The van der Waals surface area contributed by atoms with E-state index in [0.717, 1.165) is 9.95 Å². The molecule has 0 atom stereocenters. The van der Waals surface area contributed by atoms with Gasteiger partial charge in [0.25, 0.3) is 5.56 Å². The van der Waals surface area contributed by atoms with Gasteiger partial charge < -0.3 is 10.2 Å². The van der Waals surface area contributed by atoms with Gasteiger partial charge in [-0.25, -0.2) is 9.78 Å². The summed E-state index contributed by atoms with van der Waals surface area (Å²) in [6, 6.07) is 6.12. The maximum Gasteiger partial charge on any atom is 0.318 e. The van der Waals surface area contributed by atoms with Crippen LogP contribution in [-0.2, 0) is 11.3 Å². The molecule has 3 rings (SSSR count). The molecule has 0 fully saturated rings. The van der Waals surface area contributed by atoms with Crippen molar-refractivity contribution < 1.29 is 14.0 Å². The van der Waals surface area contributed by atoms with Gasteiger partial charge in [0.2, 0.25) is 11.5 Å². The van der Waals surface area contributed by atoms with E-state index < -0.39 is 17.5 Å². The normalized spacial score (nSPS) is 10.9.